The molecule has 1 aliphatic heterocycles. The molecule has 3 heterocycles. The topological polar surface area (TPSA) is 102 Å². The van der Waals surface area contributed by atoms with Gasteiger partial charge < -0.3 is 24.0 Å². The van der Waals surface area contributed by atoms with Gasteiger partial charge in [-0.15, -0.1) is 0 Å². The fourth-order valence-corrected chi connectivity index (χ4v) is 4.47. The molecule has 1 unspecified atom stereocenters. The Morgan fingerprint density at radius 2 is 2.09 bits per heavy atom. The van der Waals surface area contributed by atoms with E-state index in [2.05, 4.69) is 15.0 Å². The number of carbonyl (C=O) groups is 2. The lowest BCUT2D eigenvalue weighted by Crippen LogP contribution is -2.28. The fourth-order valence-electron chi connectivity index (χ4n) is 4.47. The third-order valence-electron chi connectivity index (χ3n) is 6.44. The molecule has 1 atom stereocenters. The molecule has 1 saturated carbocycles. The van der Waals surface area contributed by atoms with Crippen molar-refractivity contribution in [1.82, 2.24) is 19.6 Å². The Morgan fingerprint density at radius 1 is 1.25 bits per heavy atom. The molecule has 1 aromatic carbocycles. The van der Waals surface area contributed by atoms with Crippen LogP contribution in [0.1, 0.15) is 59.9 Å². The van der Waals surface area contributed by atoms with Gasteiger partial charge in [-0.2, -0.15) is 0 Å². The molecule has 0 radical (unpaired) electrons. The van der Waals surface area contributed by atoms with Crippen molar-refractivity contribution >= 4 is 28.5 Å². The Labute approximate surface area is 185 Å². The Kier molecular flexibility index (Phi) is 5.42. The van der Waals surface area contributed by atoms with Crippen LogP contribution in [0.25, 0.3) is 11.0 Å². The van der Waals surface area contributed by atoms with Crippen LogP contribution in [-0.4, -0.2) is 51.2 Å². The number of hydrogen-bond donors (Lipinski definition) is 1. The minimum atomic E-state index is -0.460. The SMILES string of the molecule is CN(Cc1ccon1)C(=O)c1cc(NC(=O)C2CCCO2)c2c(c1)nc(C1CCC1)n2C. The summed E-state index contributed by atoms with van der Waals surface area (Å²) >= 11 is 0. The average molecular weight is 438 g/mol. The van der Waals surface area contributed by atoms with Gasteiger partial charge in [0.25, 0.3) is 11.8 Å². The molecule has 0 spiro atoms. The summed E-state index contributed by atoms with van der Waals surface area (Å²) in [5.41, 5.74) is 3.25. The number of amides is 2. The lowest BCUT2D eigenvalue weighted by Gasteiger charge is -2.24. The van der Waals surface area contributed by atoms with Crippen molar-refractivity contribution in [3.8, 4) is 0 Å². The monoisotopic (exact) mass is 437 g/mol. The summed E-state index contributed by atoms with van der Waals surface area (Å²) in [6.45, 7) is 0.914. The van der Waals surface area contributed by atoms with Crippen molar-refractivity contribution < 1.29 is 18.8 Å². The third-order valence-corrected chi connectivity index (χ3v) is 6.44. The van der Waals surface area contributed by atoms with Crippen LogP contribution in [0, 0.1) is 0 Å². The Hall–Kier alpha value is -3.20. The molecule has 1 N–H and O–H groups in total. The van der Waals surface area contributed by atoms with Crippen LogP contribution < -0.4 is 5.32 Å². The molecule has 2 aliphatic rings. The number of benzene rings is 1. The number of ether oxygens (including phenoxy) is 1. The van der Waals surface area contributed by atoms with Crippen LogP contribution in [-0.2, 0) is 23.1 Å². The molecular formula is C23H27N5O4. The minimum absolute atomic E-state index is 0.182. The maximum atomic E-state index is 13.2. The largest absolute Gasteiger partial charge is 0.368 e. The van der Waals surface area contributed by atoms with Gasteiger partial charge in [0.15, 0.2) is 0 Å². The zero-order valence-electron chi connectivity index (χ0n) is 18.3. The standard InChI is InChI=1S/C23H27N5O4/c1-27(13-16-8-10-32-26-16)23(30)15-11-17-20(28(2)21(24-17)14-5-3-6-14)18(12-15)25-22(29)19-7-4-9-31-19/h8,10-12,14,19H,3-7,9,13H2,1-2H3,(H,25,29). The molecule has 32 heavy (non-hydrogen) atoms. The highest BCUT2D eigenvalue weighted by Crippen LogP contribution is 2.38. The van der Waals surface area contributed by atoms with E-state index in [9.17, 15) is 9.59 Å². The summed E-state index contributed by atoms with van der Waals surface area (Å²) in [5.74, 6) is 1.05. The number of nitrogens with one attached hydrogen (secondary N) is 1. The van der Waals surface area contributed by atoms with Crippen LogP contribution in [0.2, 0.25) is 0 Å². The summed E-state index contributed by atoms with van der Waals surface area (Å²) in [5, 5.41) is 6.89. The number of nitrogens with zero attached hydrogens (tertiary/aromatic N) is 4. The number of fused-ring (bicyclic) bond motifs is 1. The van der Waals surface area contributed by atoms with E-state index < -0.39 is 6.10 Å². The minimum Gasteiger partial charge on any atom is -0.368 e. The van der Waals surface area contributed by atoms with Crippen molar-refractivity contribution in [3.05, 3.63) is 41.5 Å². The first-order valence-corrected chi connectivity index (χ1v) is 11.1. The van der Waals surface area contributed by atoms with E-state index in [4.69, 9.17) is 14.2 Å². The van der Waals surface area contributed by atoms with Gasteiger partial charge in [-0.25, -0.2) is 4.98 Å². The smallest absolute Gasteiger partial charge is 0.254 e. The summed E-state index contributed by atoms with van der Waals surface area (Å²) in [4.78, 5) is 32.5. The molecule has 1 saturated heterocycles. The Morgan fingerprint density at radius 3 is 2.75 bits per heavy atom. The highest BCUT2D eigenvalue weighted by Gasteiger charge is 2.29. The first kappa shape index (κ1) is 20.7. The Balaban J connectivity index is 1.51. The van der Waals surface area contributed by atoms with E-state index in [1.807, 2.05) is 7.05 Å². The quantitative estimate of drug-likeness (QED) is 0.635. The van der Waals surface area contributed by atoms with E-state index in [0.29, 0.717) is 48.0 Å². The molecule has 1 aliphatic carbocycles. The van der Waals surface area contributed by atoms with Gasteiger partial charge in [0.2, 0.25) is 0 Å². The van der Waals surface area contributed by atoms with E-state index in [-0.39, 0.29) is 11.8 Å². The first-order chi connectivity index (χ1) is 15.5. The van der Waals surface area contributed by atoms with Crippen molar-refractivity contribution in [2.75, 3.05) is 19.0 Å². The number of aryl methyl sites for hydroxylation is 1. The molecule has 0 bridgehead atoms. The zero-order chi connectivity index (χ0) is 22.2. The van der Waals surface area contributed by atoms with Gasteiger partial charge in [-0.05, 0) is 37.8 Å². The molecule has 3 aromatic rings. The van der Waals surface area contributed by atoms with E-state index >= 15 is 0 Å². The third kappa shape index (κ3) is 3.77. The second-order valence-corrected chi connectivity index (χ2v) is 8.69. The lowest BCUT2D eigenvalue weighted by molar-refractivity contribution is -0.124. The molecule has 2 aromatic heterocycles. The van der Waals surface area contributed by atoms with Gasteiger partial charge in [0, 0.05) is 38.2 Å². The molecule has 168 valence electrons. The number of anilines is 1. The summed E-state index contributed by atoms with van der Waals surface area (Å²) in [7, 11) is 3.69. The average Bonchev–Trinajstić information content (AvgIpc) is 3.49. The second-order valence-electron chi connectivity index (χ2n) is 8.69. The summed E-state index contributed by atoms with van der Waals surface area (Å²) < 4.78 is 12.5. The first-order valence-electron chi connectivity index (χ1n) is 11.1. The molecule has 2 amide bonds. The summed E-state index contributed by atoms with van der Waals surface area (Å²) in [6.07, 6.45) is 6.02. The molecule has 9 heteroatoms. The highest BCUT2D eigenvalue weighted by molar-refractivity contribution is 6.06. The maximum Gasteiger partial charge on any atom is 0.254 e. The van der Waals surface area contributed by atoms with Crippen LogP contribution in [0.15, 0.2) is 29.0 Å². The van der Waals surface area contributed by atoms with Gasteiger partial charge >= 0.3 is 0 Å². The number of rotatable bonds is 6. The molecule has 9 nitrogen and oxygen atoms in total. The fraction of sp³-hybridized carbons (Fsp3) is 0.478. The van der Waals surface area contributed by atoms with Crippen LogP contribution in [0.3, 0.4) is 0 Å². The van der Waals surface area contributed by atoms with E-state index in [0.717, 1.165) is 30.6 Å². The van der Waals surface area contributed by atoms with Crippen molar-refractivity contribution in [1.29, 1.82) is 0 Å². The van der Waals surface area contributed by atoms with Crippen LogP contribution in [0.4, 0.5) is 5.69 Å². The van der Waals surface area contributed by atoms with Crippen molar-refractivity contribution in [2.24, 2.45) is 7.05 Å². The Bertz CT molecular complexity index is 1140. The number of imidazole rings is 1. The maximum absolute atomic E-state index is 13.2. The second kappa shape index (κ2) is 8.38. The van der Waals surface area contributed by atoms with E-state index in [1.165, 1.54) is 12.7 Å². The summed E-state index contributed by atoms with van der Waals surface area (Å²) in [6, 6.07) is 5.27. The predicted molar refractivity (Wildman–Crippen MR) is 117 cm³/mol. The molecular weight excluding hydrogens is 410 g/mol. The predicted octanol–water partition coefficient (Wildman–Crippen LogP) is 3.22. The van der Waals surface area contributed by atoms with Gasteiger partial charge in [-0.3, -0.25) is 9.59 Å². The lowest BCUT2D eigenvalue weighted by atomic mass is 9.85. The van der Waals surface area contributed by atoms with Crippen molar-refractivity contribution in [3.63, 3.8) is 0 Å². The van der Waals surface area contributed by atoms with Crippen LogP contribution in [0.5, 0.6) is 0 Å². The highest BCUT2D eigenvalue weighted by atomic mass is 16.5. The number of hydrogen-bond acceptors (Lipinski definition) is 6. The molecule has 5 rings (SSSR count). The van der Waals surface area contributed by atoms with Crippen LogP contribution >= 0.6 is 0 Å². The number of carbonyl (C=O) groups excluding carboxylic acids is 2. The normalized spacial score (nSPS) is 18.6. The van der Waals surface area contributed by atoms with Gasteiger partial charge in [0.1, 0.15) is 23.9 Å². The number of aromatic nitrogens is 3. The van der Waals surface area contributed by atoms with Crippen molar-refractivity contribution in [2.45, 2.75) is 50.7 Å². The zero-order valence-corrected chi connectivity index (χ0v) is 18.3. The van der Waals surface area contributed by atoms with E-state index in [1.54, 1.807) is 30.1 Å². The van der Waals surface area contributed by atoms with Gasteiger partial charge in [0.05, 0.1) is 23.3 Å². The van der Waals surface area contributed by atoms with Gasteiger partial charge in [-0.1, -0.05) is 11.6 Å². The molecule has 2 fully saturated rings.